The summed E-state index contributed by atoms with van der Waals surface area (Å²) in [5.74, 6) is 1.31. The first-order chi connectivity index (χ1) is 6.95. The second-order valence-electron chi connectivity index (χ2n) is 2.55. The Balaban J connectivity index is 2.16. The summed E-state index contributed by atoms with van der Waals surface area (Å²) in [6.07, 6.45) is 10.3. The second-order valence-corrected chi connectivity index (χ2v) is 2.55. The molecular formula is C10H8N4. The molecule has 0 unspecified atom stereocenters. The summed E-state index contributed by atoms with van der Waals surface area (Å²) in [6.45, 7) is 0. The SMILES string of the molecule is C(=C\c1ncccn1)/c1ncccn1. The number of nitrogens with zero attached hydrogens (tertiary/aromatic N) is 4. The molecule has 0 saturated heterocycles. The highest BCUT2D eigenvalue weighted by molar-refractivity contribution is 5.62. The van der Waals surface area contributed by atoms with E-state index in [0.717, 1.165) is 0 Å². The average Bonchev–Trinajstić information content (AvgIpc) is 2.29. The summed E-state index contributed by atoms with van der Waals surface area (Å²) in [4.78, 5) is 16.2. The lowest BCUT2D eigenvalue weighted by atomic mass is 10.4. The van der Waals surface area contributed by atoms with E-state index in [2.05, 4.69) is 19.9 Å². The molecule has 0 saturated carbocycles. The van der Waals surface area contributed by atoms with E-state index in [0.29, 0.717) is 11.6 Å². The van der Waals surface area contributed by atoms with E-state index in [-0.39, 0.29) is 0 Å². The zero-order valence-corrected chi connectivity index (χ0v) is 7.41. The van der Waals surface area contributed by atoms with Crippen LogP contribution in [-0.2, 0) is 0 Å². The van der Waals surface area contributed by atoms with Crippen molar-refractivity contribution in [3.05, 3.63) is 48.6 Å². The predicted molar refractivity (Wildman–Crippen MR) is 53.0 cm³/mol. The van der Waals surface area contributed by atoms with Crippen LogP contribution in [0, 0.1) is 0 Å². The van der Waals surface area contributed by atoms with E-state index in [1.807, 2.05) is 0 Å². The topological polar surface area (TPSA) is 51.6 Å². The van der Waals surface area contributed by atoms with E-state index in [4.69, 9.17) is 0 Å². The van der Waals surface area contributed by atoms with Crippen LogP contribution >= 0.6 is 0 Å². The number of hydrogen-bond acceptors (Lipinski definition) is 4. The van der Waals surface area contributed by atoms with Crippen LogP contribution in [0.4, 0.5) is 0 Å². The predicted octanol–water partition coefficient (Wildman–Crippen LogP) is 1.44. The van der Waals surface area contributed by atoms with E-state index >= 15 is 0 Å². The Morgan fingerprint density at radius 1 is 0.643 bits per heavy atom. The molecule has 4 nitrogen and oxygen atoms in total. The van der Waals surface area contributed by atoms with Gasteiger partial charge in [-0.2, -0.15) is 0 Å². The molecule has 68 valence electrons. The number of rotatable bonds is 2. The minimum absolute atomic E-state index is 0.653. The lowest BCUT2D eigenvalue weighted by Gasteiger charge is -1.90. The van der Waals surface area contributed by atoms with Gasteiger partial charge in [0.05, 0.1) is 0 Å². The standard InChI is InChI=1S/C10H8N4/c1-5-11-9(12-6-1)3-4-10-13-7-2-8-14-10/h1-8H/b4-3+. The van der Waals surface area contributed by atoms with Crippen LogP contribution < -0.4 is 0 Å². The van der Waals surface area contributed by atoms with Crippen molar-refractivity contribution in [3.63, 3.8) is 0 Å². The first-order valence-corrected chi connectivity index (χ1v) is 4.17. The minimum atomic E-state index is 0.653. The Bertz CT molecular complexity index is 369. The summed E-state index contributed by atoms with van der Waals surface area (Å²) in [5.41, 5.74) is 0. The molecule has 0 atom stereocenters. The average molecular weight is 184 g/mol. The molecule has 2 aromatic heterocycles. The smallest absolute Gasteiger partial charge is 0.151 e. The molecule has 4 heteroatoms. The fraction of sp³-hybridized carbons (Fsp3) is 0. The van der Waals surface area contributed by atoms with Crippen LogP contribution in [0.15, 0.2) is 36.9 Å². The van der Waals surface area contributed by atoms with Crippen molar-refractivity contribution in [2.45, 2.75) is 0 Å². The summed E-state index contributed by atoms with van der Waals surface area (Å²) in [7, 11) is 0. The Labute approximate surface area is 81.4 Å². The van der Waals surface area contributed by atoms with Gasteiger partial charge in [-0.25, -0.2) is 19.9 Å². The maximum Gasteiger partial charge on any atom is 0.151 e. The van der Waals surface area contributed by atoms with Crippen LogP contribution in [0.25, 0.3) is 12.2 Å². The van der Waals surface area contributed by atoms with Crippen LogP contribution in [0.5, 0.6) is 0 Å². The molecule has 0 aliphatic carbocycles. The van der Waals surface area contributed by atoms with Crippen molar-refractivity contribution in [3.8, 4) is 0 Å². The minimum Gasteiger partial charge on any atom is -0.237 e. The van der Waals surface area contributed by atoms with Gasteiger partial charge in [-0.1, -0.05) is 0 Å². The highest BCUT2D eigenvalue weighted by Crippen LogP contribution is 1.97. The van der Waals surface area contributed by atoms with Crippen molar-refractivity contribution in [1.82, 2.24) is 19.9 Å². The first-order valence-electron chi connectivity index (χ1n) is 4.17. The van der Waals surface area contributed by atoms with Gasteiger partial charge in [-0.05, 0) is 24.3 Å². The molecule has 0 amide bonds. The molecule has 0 spiro atoms. The van der Waals surface area contributed by atoms with Crippen LogP contribution in [-0.4, -0.2) is 19.9 Å². The van der Waals surface area contributed by atoms with Crippen LogP contribution in [0.2, 0.25) is 0 Å². The number of hydrogen-bond donors (Lipinski definition) is 0. The maximum absolute atomic E-state index is 4.04. The van der Waals surface area contributed by atoms with Gasteiger partial charge >= 0.3 is 0 Å². The molecular weight excluding hydrogens is 176 g/mol. The van der Waals surface area contributed by atoms with Crippen molar-refractivity contribution >= 4 is 12.2 Å². The second kappa shape index (κ2) is 4.23. The summed E-state index contributed by atoms with van der Waals surface area (Å²) >= 11 is 0. The highest BCUT2D eigenvalue weighted by atomic mass is 14.9. The van der Waals surface area contributed by atoms with Gasteiger partial charge in [-0.15, -0.1) is 0 Å². The molecule has 0 bridgehead atoms. The lowest BCUT2D eigenvalue weighted by molar-refractivity contribution is 1.12. The van der Waals surface area contributed by atoms with Crippen LogP contribution in [0.1, 0.15) is 11.6 Å². The maximum atomic E-state index is 4.04. The van der Waals surface area contributed by atoms with E-state index in [1.54, 1.807) is 49.1 Å². The molecule has 2 heterocycles. The lowest BCUT2D eigenvalue weighted by Crippen LogP contribution is -1.85. The molecule has 0 fully saturated rings. The molecule has 0 aliphatic rings. The third-order valence-corrected chi connectivity index (χ3v) is 1.55. The fourth-order valence-corrected chi connectivity index (χ4v) is 0.942. The summed E-state index contributed by atoms with van der Waals surface area (Å²) in [5, 5.41) is 0. The monoisotopic (exact) mass is 184 g/mol. The van der Waals surface area contributed by atoms with Crippen molar-refractivity contribution in [1.29, 1.82) is 0 Å². The Morgan fingerprint density at radius 2 is 1.00 bits per heavy atom. The highest BCUT2D eigenvalue weighted by Gasteiger charge is 1.88. The van der Waals surface area contributed by atoms with Crippen LogP contribution in [0.3, 0.4) is 0 Å². The third-order valence-electron chi connectivity index (χ3n) is 1.55. The van der Waals surface area contributed by atoms with E-state index in [9.17, 15) is 0 Å². The molecule has 0 radical (unpaired) electrons. The van der Waals surface area contributed by atoms with Gasteiger partial charge in [0, 0.05) is 24.8 Å². The van der Waals surface area contributed by atoms with Gasteiger partial charge in [0.2, 0.25) is 0 Å². The largest absolute Gasteiger partial charge is 0.237 e. The summed E-state index contributed by atoms with van der Waals surface area (Å²) < 4.78 is 0. The molecule has 2 rings (SSSR count). The Morgan fingerprint density at radius 3 is 1.36 bits per heavy atom. The molecule has 0 aliphatic heterocycles. The van der Waals surface area contributed by atoms with E-state index < -0.39 is 0 Å². The number of aromatic nitrogens is 4. The fourth-order valence-electron chi connectivity index (χ4n) is 0.942. The van der Waals surface area contributed by atoms with Gasteiger partial charge in [0.1, 0.15) is 0 Å². The van der Waals surface area contributed by atoms with Crippen molar-refractivity contribution in [2.75, 3.05) is 0 Å². The molecule has 2 aromatic rings. The first kappa shape index (κ1) is 8.50. The van der Waals surface area contributed by atoms with Gasteiger partial charge < -0.3 is 0 Å². The molecule has 14 heavy (non-hydrogen) atoms. The van der Waals surface area contributed by atoms with E-state index in [1.165, 1.54) is 0 Å². The van der Waals surface area contributed by atoms with Gasteiger partial charge in [0.25, 0.3) is 0 Å². The zero-order chi connectivity index (χ0) is 9.64. The Hall–Kier alpha value is -2.10. The third kappa shape index (κ3) is 2.20. The molecule has 0 N–H and O–H groups in total. The van der Waals surface area contributed by atoms with Gasteiger partial charge in [-0.3, -0.25) is 0 Å². The molecule has 0 aromatic carbocycles. The summed E-state index contributed by atoms with van der Waals surface area (Å²) in [6, 6.07) is 3.55. The normalized spacial score (nSPS) is 10.6. The van der Waals surface area contributed by atoms with Gasteiger partial charge in [0.15, 0.2) is 11.6 Å². The Kier molecular flexibility index (Phi) is 2.56. The van der Waals surface area contributed by atoms with Crippen molar-refractivity contribution < 1.29 is 0 Å². The quantitative estimate of drug-likeness (QED) is 0.708. The van der Waals surface area contributed by atoms with Crippen molar-refractivity contribution in [2.24, 2.45) is 0 Å². The zero-order valence-electron chi connectivity index (χ0n) is 7.41.